The Kier molecular flexibility index (Phi) is 6.36. The van der Waals surface area contributed by atoms with Crippen molar-refractivity contribution < 1.29 is 9.66 Å². The lowest BCUT2D eigenvalue weighted by atomic mass is 10.2. The molecule has 3 aromatic rings. The SMILES string of the molecule is O=[N+]([O-])c1ccc(N=Cc2cc(Br)c(OCc3ccccc3)c(Br)c2)cc1. The molecule has 3 aromatic carbocycles. The molecule has 0 heterocycles. The Hall–Kier alpha value is -2.51. The zero-order chi connectivity index (χ0) is 19.2. The van der Waals surface area contributed by atoms with Gasteiger partial charge in [-0.15, -0.1) is 0 Å². The smallest absolute Gasteiger partial charge is 0.269 e. The Morgan fingerprint density at radius 2 is 1.63 bits per heavy atom. The zero-order valence-electron chi connectivity index (χ0n) is 14.0. The number of aliphatic imine (C=N–C) groups is 1. The van der Waals surface area contributed by atoms with Crippen LogP contribution in [0.3, 0.4) is 0 Å². The van der Waals surface area contributed by atoms with E-state index in [4.69, 9.17) is 4.74 Å². The minimum absolute atomic E-state index is 0.0411. The molecule has 0 aromatic heterocycles. The van der Waals surface area contributed by atoms with Crippen molar-refractivity contribution in [2.75, 3.05) is 0 Å². The van der Waals surface area contributed by atoms with Crippen molar-refractivity contribution in [3.8, 4) is 5.75 Å². The molecule has 136 valence electrons. The van der Waals surface area contributed by atoms with Crippen molar-refractivity contribution in [2.45, 2.75) is 6.61 Å². The van der Waals surface area contributed by atoms with Crippen molar-refractivity contribution in [1.82, 2.24) is 0 Å². The Labute approximate surface area is 173 Å². The van der Waals surface area contributed by atoms with Gasteiger partial charge < -0.3 is 4.74 Å². The molecule has 0 saturated carbocycles. The highest BCUT2D eigenvalue weighted by molar-refractivity contribution is 9.11. The molecule has 0 radical (unpaired) electrons. The third-order valence-corrected chi connectivity index (χ3v) is 4.85. The zero-order valence-corrected chi connectivity index (χ0v) is 17.2. The van der Waals surface area contributed by atoms with Crippen molar-refractivity contribution >= 4 is 49.4 Å². The molecule has 0 aliphatic rings. The normalized spacial score (nSPS) is 10.9. The van der Waals surface area contributed by atoms with Crippen LogP contribution in [0.2, 0.25) is 0 Å². The molecule has 0 unspecified atom stereocenters. The first kappa shape index (κ1) is 19.3. The molecular formula is C20H14Br2N2O3. The molecule has 0 fully saturated rings. The largest absolute Gasteiger partial charge is 0.487 e. The van der Waals surface area contributed by atoms with E-state index in [1.54, 1.807) is 18.3 Å². The lowest BCUT2D eigenvalue weighted by molar-refractivity contribution is -0.384. The molecule has 0 aliphatic heterocycles. The fraction of sp³-hybridized carbons (Fsp3) is 0.0500. The second kappa shape index (κ2) is 8.92. The lowest BCUT2D eigenvalue weighted by Crippen LogP contribution is -1.97. The molecule has 0 atom stereocenters. The molecule has 7 heteroatoms. The van der Waals surface area contributed by atoms with Gasteiger partial charge in [0.2, 0.25) is 0 Å². The highest BCUT2D eigenvalue weighted by atomic mass is 79.9. The molecule has 0 spiro atoms. The number of hydrogen-bond acceptors (Lipinski definition) is 4. The van der Waals surface area contributed by atoms with Gasteiger partial charge >= 0.3 is 0 Å². The van der Waals surface area contributed by atoms with Crippen LogP contribution in [0.5, 0.6) is 5.75 Å². The van der Waals surface area contributed by atoms with Crippen molar-refractivity contribution in [1.29, 1.82) is 0 Å². The van der Waals surface area contributed by atoms with E-state index >= 15 is 0 Å². The van der Waals surface area contributed by atoms with Gasteiger partial charge in [0.1, 0.15) is 12.4 Å². The standard InChI is InChI=1S/C20H14Br2N2O3/c21-18-10-15(12-23-16-6-8-17(9-7-16)24(25)26)11-19(22)20(18)27-13-14-4-2-1-3-5-14/h1-12H,13H2. The van der Waals surface area contributed by atoms with E-state index < -0.39 is 4.92 Å². The summed E-state index contributed by atoms with van der Waals surface area (Å²) in [6.07, 6.45) is 1.69. The minimum Gasteiger partial charge on any atom is -0.487 e. The van der Waals surface area contributed by atoms with E-state index in [0.717, 1.165) is 20.1 Å². The minimum atomic E-state index is -0.435. The van der Waals surface area contributed by atoms with Gasteiger partial charge in [-0.25, -0.2) is 0 Å². The molecule has 5 nitrogen and oxygen atoms in total. The fourth-order valence-electron chi connectivity index (χ4n) is 2.33. The number of nitro groups is 1. The first-order valence-corrected chi connectivity index (χ1v) is 9.56. The Balaban J connectivity index is 1.72. The summed E-state index contributed by atoms with van der Waals surface area (Å²) in [6, 6.07) is 19.8. The highest BCUT2D eigenvalue weighted by Crippen LogP contribution is 2.35. The number of non-ortho nitro benzene ring substituents is 1. The molecule has 0 saturated heterocycles. The monoisotopic (exact) mass is 488 g/mol. The van der Waals surface area contributed by atoms with E-state index in [2.05, 4.69) is 36.9 Å². The van der Waals surface area contributed by atoms with Crippen molar-refractivity contribution in [2.24, 2.45) is 4.99 Å². The van der Waals surface area contributed by atoms with E-state index in [1.807, 2.05) is 42.5 Å². The summed E-state index contributed by atoms with van der Waals surface area (Å²) in [7, 11) is 0. The van der Waals surface area contributed by atoms with Crippen LogP contribution in [0, 0.1) is 10.1 Å². The number of ether oxygens (including phenoxy) is 1. The highest BCUT2D eigenvalue weighted by Gasteiger charge is 2.09. The van der Waals surface area contributed by atoms with Gasteiger partial charge in [0.05, 0.1) is 19.6 Å². The molecular weight excluding hydrogens is 476 g/mol. The van der Waals surface area contributed by atoms with Gasteiger partial charge in [-0.1, -0.05) is 30.3 Å². The maximum absolute atomic E-state index is 10.7. The van der Waals surface area contributed by atoms with Crippen molar-refractivity contribution in [3.05, 3.63) is 96.9 Å². The predicted octanol–water partition coefficient (Wildman–Crippen LogP) is 6.45. The number of hydrogen-bond donors (Lipinski definition) is 0. The summed E-state index contributed by atoms with van der Waals surface area (Å²) in [6.45, 7) is 0.467. The van der Waals surface area contributed by atoms with Gasteiger partial charge in [0, 0.05) is 18.3 Å². The van der Waals surface area contributed by atoms with Gasteiger partial charge in [-0.2, -0.15) is 0 Å². The first-order valence-electron chi connectivity index (χ1n) is 7.97. The topological polar surface area (TPSA) is 64.7 Å². The second-order valence-electron chi connectivity index (χ2n) is 5.62. The van der Waals surface area contributed by atoms with E-state index in [9.17, 15) is 10.1 Å². The van der Waals surface area contributed by atoms with Gasteiger partial charge in [-0.05, 0) is 67.3 Å². The molecule has 0 bridgehead atoms. The summed E-state index contributed by atoms with van der Waals surface area (Å²) in [4.78, 5) is 14.6. The predicted molar refractivity (Wildman–Crippen MR) is 113 cm³/mol. The van der Waals surface area contributed by atoms with E-state index in [0.29, 0.717) is 18.0 Å². The van der Waals surface area contributed by atoms with Crippen LogP contribution in [0.25, 0.3) is 0 Å². The number of nitro benzene ring substituents is 1. The van der Waals surface area contributed by atoms with Gasteiger partial charge in [0.25, 0.3) is 5.69 Å². The average Bonchev–Trinajstić information content (AvgIpc) is 2.67. The Bertz CT molecular complexity index is 951. The van der Waals surface area contributed by atoms with Crippen LogP contribution in [-0.4, -0.2) is 11.1 Å². The summed E-state index contributed by atoms with van der Waals surface area (Å²) < 4.78 is 7.51. The Morgan fingerprint density at radius 1 is 1.00 bits per heavy atom. The Morgan fingerprint density at radius 3 is 2.22 bits per heavy atom. The molecule has 3 rings (SSSR count). The first-order chi connectivity index (χ1) is 13.0. The molecule has 0 amide bonds. The van der Waals surface area contributed by atoms with Crippen LogP contribution < -0.4 is 4.74 Å². The summed E-state index contributed by atoms with van der Waals surface area (Å²) in [5.74, 6) is 0.714. The maximum atomic E-state index is 10.7. The lowest BCUT2D eigenvalue weighted by Gasteiger charge is -2.11. The second-order valence-corrected chi connectivity index (χ2v) is 7.33. The van der Waals surface area contributed by atoms with Crippen LogP contribution in [0.4, 0.5) is 11.4 Å². The van der Waals surface area contributed by atoms with Crippen LogP contribution in [0.15, 0.2) is 80.7 Å². The molecule has 0 N–H and O–H groups in total. The number of rotatable bonds is 6. The molecule has 27 heavy (non-hydrogen) atoms. The van der Waals surface area contributed by atoms with Gasteiger partial charge in [-0.3, -0.25) is 15.1 Å². The van der Waals surface area contributed by atoms with E-state index in [-0.39, 0.29) is 5.69 Å². The van der Waals surface area contributed by atoms with Crippen molar-refractivity contribution in [3.63, 3.8) is 0 Å². The number of benzene rings is 3. The fourth-order valence-corrected chi connectivity index (χ4v) is 3.78. The number of nitrogens with zero attached hydrogens (tertiary/aromatic N) is 2. The maximum Gasteiger partial charge on any atom is 0.269 e. The van der Waals surface area contributed by atoms with E-state index in [1.165, 1.54) is 12.1 Å². The average molecular weight is 490 g/mol. The van der Waals surface area contributed by atoms with Crippen LogP contribution in [0.1, 0.15) is 11.1 Å². The summed E-state index contributed by atoms with van der Waals surface area (Å²) in [5.41, 5.74) is 2.62. The quantitative estimate of drug-likeness (QED) is 0.227. The number of halogens is 2. The van der Waals surface area contributed by atoms with Crippen LogP contribution in [-0.2, 0) is 6.61 Å². The van der Waals surface area contributed by atoms with Gasteiger partial charge in [0.15, 0.2) is 0 Å². The molecule has 0 aliphatic carbocycles. The third kappa shape index (κ3) is 5.24. The summed E-state index contributed by atoms with van der Waals surface area (Å²) >= 11 is 7.06. The summed E-state index contributed by atoms with van der Waals surface area (Å²) in [5, 5.41) is 10.7. The third-order valence-electron chi connectivity index (χ3n) is 3.67. The van der Waals surface area contributed by atoms with Crippen LogP contribution >= 0.6 is 31.9 Å².